The maximum atomic E-state index is 12.2. The van der Waals surface area contributed by atoms with Crippen LogP contribution in [0, 0.1) is 17.2 Å². The molecule has 2 heterocycles. The molecular weight excluding hydrogens is 260 g/mol. The zero-order valence-electron chi connectivity index (χ0n) is 11.0. The molecule has 6 heteroatoms. The molecule has 0 aromatic carbocycles. The Morgan fingerprint density at radius 1 is 1.68 bits per heavy atom. The summed E-state index contributed by atoms with van der Waals surface area (Å²) in [5, 5.41) is 10.8. The van der Waals surface area contributed by atoms with Crippen LogP contribution in [0.25, 0.3) is 4.96 Å². The van der Waals surface area contributed by atoms with Crippen molar-refractivity contribution >= 4 is 22.2 Å². The fourth-order valence-corrected chi connectivity index (χ4v) is 2.63. The number of amides is 1. The first kappa shape index (κ1) is 13.6. The molecule has 0 spiro atoms. The van der Waals surface area contributed by atoms with Gasteiger partial charge in [-0.3, -0.25) is 9.20 Å². The van der Waals surface area contributed by atoms with Crippen LogP contribution in [0.1, 0.15) is 19.5 Å². The first-order valence-corrected chi connectivity index (χ1v) is 7.10. The number of fused-ring (bicyclic) bond motifs is 1. The minimum atomic E-state index is -0.144. The molecule has 5 nitrogen and oxygen atoms in total. The lowest BCUT2D eigenvalue weighted by molar-refractivity contribution is -0.130. The van der Waals surface area contributed by atoms with E-state index in [0.29, 0.717) is 19.5 Å². The quantitative estimate of drug-likeness (QED) is 0.838. The third-order valence-corrected chi connectivity index (χ3v) is 3.70. The molecule has 0 aliphatic heterocycles. The molecule has 0 saturated heterocycles. The monoisotopic (exact) mass is 276 g/mol. The summed E-state index contributed by atoms with van der Waals surface area (Å²) in [5.74, 6) is -0.121. The van der Waals surface area contributed by atoms with Gasteiger partial charge >= 0.3 is 0 Å². The van der Waals surface area contributed by atoms with Crippen molar-refractivity contribution in [2.24, 2.45) is 5.92 Å². The summed E-state index contributed by atoms with van der Waals surface area (Å²) in [6, 6.07) is 2.15. The van der Waals surface area contributed by atoms with Gasteiger partial charge in [-0.15, -0.1) is 11.3 Å². The predicted octanol–water partition coefficient (Wildman–Crippen LogP) is 1.95. The van der Waals surface area contributed by atoms with E-state index in [1.54, 1.807) is 16.2 Å². The van der Waals surface area contributed by atoms with E-state index < -0.39 is 0 Å². The summed E-state index contributed by atoms with van der Waals surface area (Å²) in [6.45, 7) is 4.84. The van der Waals surface area contributed by atoms with Crippen LogP contribution in [-0.2, 0) is 11.2 Å². The molecule has 2 rings (SSSR count). The molecular formula is C13H16N4OS. The highest BCUT2D eigenvalue weighted by Gasteiger charge is 2.16. The highest BCUT2D eigenvalue weighted by atomic mass is 32.1. The summed E-state index contributed by atoms with van der Waals surface area (Å²) < 4.78 is 1.92. The molecule has 0 aliphatic rings. The van der Waals surface area contributed by atoms with Gasteiger partial charge in [-0.2, -0.15) is 5.26 Å². The number of hydrogen-bond donors (Lipinski definition) is 0. The first-order valence-electron chi connectivity index (χ1n) is 6.22. The van der Waals surface area contributed by atoms with Gasteiger partial charge in [0.1, 0.15) is 0 Å². The lowest BCUT2D eigenvalue weighted by Gasteiger charge is -2.21. The van der Waals surface area contributed by atoms with Gasteiger partial charge in [0.05, 0.1) is 24.1 Å². The molecule has 0 radical (unpaired) electrons. The summed E-state index contributed by atoms with van der Waals surface area (Å²) >= 11 is 1.55. The van der Waals surface area contributed by atoms with Gasteiger partial charge < -0.3 is 4.90 Å². The van der Waals surface area contributed by atoms with E-state index in [1.807, 2.05) is 36.0 Å². The van der Waals surface area contributed by atoms with Crippen molar-refractivity contribution in [3.63, 3.8) is 0 Å². The molecule has 1 amide bonds. The zero-order chi connectivity index (χ0) is 13.8. The first-order chi connectivity index (χ1) is 9.13. The van der Waals surface area contributed by atoms with Crippen molar-refractivity contribution in [2.45, 2.75) is 20.3 Å². The molecule has 0 saturated carbocycles. The van der Waals surface area contributed by atoms with Crippen LogP contribution in [0.2, 0.25) is 0 Å². The normalized spacial score (nSPS) is 12.3. The van der Waals surface area contributed by atoms with E-state index in [1.165, 1.54) is 0 Å². The summed E-state index contributed by atoms with van der Waals surface area (Å²) in [7, 11) is 0. The second-order valence-corrected chi connectivity index (χ2v) is 5.34. The maximum Gasteiger partial charge on any atom is 0.228 e. The lowest BCUT2D eigenvalue weighted by atomic mass is 10.2. The lowest BCUT2D eigenvalue weighted by Crippen LogP contribution is -2.35. The van der Waals surface area contributed by atoms with Crippen LogP contribution in [0.4, 0.5) is 0 Å². The SMILES string of the molecule is CCN(C[C@@H](C)C#N)C(=O)Cc1cn2ccsc2n1. The van der Waals surface area contributed by atoms with Crippen LogP contribution in [0.5, 0.6) is 0 Å². The molecule has 1 atom stereocenters. The van der Waals surface area contributed by atoms with Gasteiger partial charge in [-0.1, -0.05) is 0 Å². The third-order valence-electron chi connectivity index (χ3n) is 2.92. The number of imidazole rings is 1. The molecule has 19 heavy (non-hydrogen) atoms. The standard InChI is InChI=1S/C13H16N4OS/c1-3-16(8-10(2)7-14)12(18)6-11-9-17-4-5-19-13(17)15-11/h4-5,9-10H,3,6,8H2,1-2H3/t10-/m0/s1. The van der Waals surface area contributed by atoms with Gasteiger partial charge in [0, 0.05) is 30.9 Å². The van der Waals surface area contributed by atoms with Crippen LogP contribution in [0.3, 0.4) is 0 Å². The molecule has 0 bridgehead atoms. The Morgan fingerprint density at radius 2 is 2.47 bits per heavy atom. The molecule has 2 aromatic rings. The van der Waals surface area contributed by atoms with E-state index in [9.17, 15) is 4.79 Å². The van der Waals surface area contributed by atoms with E-state index in [-0.39, 0.29) is 11.8 Å². The van der Waals surface area contributed by atoms with Crippen LogP contribution in [-0.4, -0.2) is 33.3 Å². The number of likely N-dealkylation sites (N-methyl/N-ethyl adjacent to an activating group) is 1. The van der Waals surface area contributed by atoms with Gasteiger partial charge in [0.2, 0.25) is 5.91 Å². The average Bonchev–Trinajstić information content (AvgIpc) is 2.96. The molecule has 0 fully saturated rings. The predicted molar refractivity (Wildman–Crippen MR) is 73.8 cm³/mol. The van der Waals surface area contributed by atoms with Crippen molar-refractivity contribution in [3.8, 4) is 6.07 Å². The average molecular weight is 276 g/mol. The Balaban J connectivity index is 2.03. The Hall–Kier alpha value is -1.87. The van der Waals surface area contributed by atoms with Crippen molar-refractivity contribution in [3.05, 3.63) is 23.5 Å². The maximum absolute atomic E-state index is 12.2. The molecule has 0 aliphatic carbocycles. The molecule has 100 valence electrons. The topological polar surface area (TPSA) is 61.4 Å². The number of carbonyl (C=O) groups excluding carboxylic acids is 1. The van der Waals surface area contributed by atoms with Crippen LogP contribution >= 0.6 is 11.3 Å². The Morgan fingerprint density at radius 3 is 3.11 bits per heavy atom. The second-order valence-electron chi connectivity index (χ2n) is 4.46. The minimum absolute atomic E-state index is 0.0235. The number of nitrogens with zero attached hydrogens (tertiary/aromatic N) is 4. The number of hydrogen-bond acceptors (Lipinski definition) is 4. The highest BCUT2D eigenvalue weighted by molar-refractivity contribution is 7.15. The zero-order valence-corrected chi connectivity index (χ0v) is 11.9. The molecule has 0 unspecified atom stereocenters. The van der Waals surface area contributed by atoms with Crippen LogP contribution < -0.4 is 0 Å². The Labute approximate surface area is 116 Å². The summed E-state index contributed by atoms with van der Waals surface area (Å²) in [4.78, 5) is 19.2. The molecule has 2 aromatic heterocycles. The fraction of sp³-hybridized carbons (Fsp3) is 0.462. The van der Waals surface area contributed by atoms with E-state index in [0.717, 1.165) is 10.7 Å². The Bertz CT molecular complexity index is 581. The van der Waals surface area contributed by atoms with Crippen molar-refractivity contribution in [1.29, 1.82) is 5.26 Å². The number of nitriles is 1. The number of aromatic nitrogens is 2. The van der Waals surface area contributed by atoms with E-state index in [2.05, 4.69) is 11.1 Å². The highest BCUT2D eigenvalue weighted by Crippen LogP contribution is 2.12. The third kappa shape index (κ3) is 3.12. The number of thiazole rings is 1. The van der Waals surface area contributed by atoms with Crippen molar-refractivity contribution < 1.29 is 4.79 Å². The largest absolute Gasteiger partial charge is 0.341 e. The van der Waals surface area contributed by atoms with E-state index >= 15 is 0 Å². The minimum Gasteiger partial charge on any atom is -0.341 e. The van der Waals surface area contributed by atoms with Crippen molar-refractivity contribution in [1.82, 2.24) is 14.3 Å². The number of carbonyl (C=O) groups is 1. The van der Waals surface area contributed by atoms with E-state index in [4.69, 9.17) is 5.26 Å². The van der Waals surface area contributed by atoms with Gasteiger partial charge in [0.25, 0.3) is 0 Å². The summed E-state index contributed by atoms with van der Waals surface area (Å²) in [5.41, 5.74) is 0.778. The summed E-state index contributed by atoms with van der Waals surface area (Å²) in [6.07, 6.45) is 4.10. The van der Waals surface area contributed by atoms with Crippen molar-refractivity contribution in [2.75, 3.05) is 13.1 Å². The fourth-order valence-electron chi connectivity index (χ4n) is 1.91. The van der Waals surface area contributed by atoms with Gasteiger partial charge in [-0.05, 0) is 13.8 Å². The van der Waals surface area contributed by atoms with Gasteiger partial charge in [-0.25, -0.2) is 4.98 Å². The van der Waals surface area contributed by atoms with Crippen LogP contribution in [0.15, 0.2) is 17.8 Å². The number of rotatable bonds is 5. The molecule has 0 N–H and O–H groups in total. The smallest absolute Gasteiger partial charge is 0.228 e. The second kappa shape index (κ2) is 5.85. The Kier molecular flexibility index (Phi) is 4.17. The van der Waals surface area contributed by atoms with Gasteiger partial charge in [0.15, 0.2) is 4.96 Å².